The van der Waals surface area contributed by atoms with Crippen molar-refractivity contribution >= 4 is 11.9 Å². The number of carbonyl (C=O) groups is 2. The molecule has 59 heavy (non-hydrogen) atoms. The van der Waals surface area contributed by atoms with E-state index in [4.69, 9.17) is 4.74 Å². The molecular formula is C53H105NO5. The molecule has 1 amide bonds. The van der Waals surface area contributed by atoms with Crippen LogP contribution < -0.4 is 5.32 Å². The zero-order valence-corrected chi connectivity index (χ0v) is 40.0. The summed E-state index contributed by atoms with van der Waals surface area (Å²) in [5, 5.41) is 23.2. The molecule has 6 heteroatoms. The molecule has 0 aliphatic heterocycles. The van der Waals surface area contributed by atoms with Gasteiger partial charge in [0.15, 0.2) is 0 Å². The van der Waals surface area contributed by atoms with Crippen LogP contribution in [0.1, 0.15) is 303 Å². The van der Waals surface area contributed by atoms with Gasteiger partial charge in [-0.05, 0) is 25.7 Å². The van der Waals surface area contributed by atoms with Gasteiger partial charge in [-0.25, -0.2) is 0 Å². The van der Waals surface area contributed by atoms with E-state index in [1.54, 1.807) is 0 Å². The lowest BCUT2D eigenvalue weighted by molar-refractivity contribution is -0.143. The van der Waals surface area contributed by atoms with Crippen molar-refractivity contribution in [3.8, 4) is 0 Å². The predicted octanol–water partition coefficient (Wildman–Crippen LogP) is 16.0. The minimum atomic E-state index is -0.669. The van der Waals surface area contributed by atoms with Crippen LogP contribution in [0.5, 0.6) is 0 Å². The zero-order chi connectivity index (χ0) is 43.0. The molecule has 2 unspecified atom stereocenters. The van der Waals surface area contributed by atoms with Gasteiger partial charge in [-0.3, -0.25) is 9.59 Å². The average molecular weight is 836 g/mol. The largest absolute Gasteiger partial charge is 0.466 e. The fourth-order valence-electron chi connectivity index (χ4n) is 8.52. The molecule has 3 N–H and O–H groups in total. The van der Waals surface area contributed by atoms with Crippen LogP contribution in [0.15, 0.2) is 0 Å². The topological polar surface area (TPSA) is 95.9 Å². The lowest BCUT2D eigenvalue weighted by Gasteiger charge is -2.22. The lowest BCUT2D eigenvalue weighted by atomic mass is 10.0. The molecule has 0 rings (SSSR count). The third kappa shape index (κ3) is 46.2. The van der Waals surface area contributed by atoms with E-state index in [0.29, 0.717) is 25.9 Å². The van der Waals surface area contributed by atoms with Crippen LogP contribution in [0, 0.1) is 0 Å². The average Bonchev–Trinajstić information content (AvgIpc) is 3.24. The van der Waals surface area contributed by atoms with Gasteiger partial charge >= 0.3 is 5.97 Å². The van der Waals surface area contributed by atoms with Crippen LogP contribution in [0.3, 0.4) is 0 Å². The lowest BCUT2D eigenvalue weighted by Crippen LogP contribution is -2.45. The molecule has 0 aliphatic carbocycles. The number of rotatable bonds is 50. The molecule has 0 bridgehead atoms. The first kappa shape index (κ1) is 57.9. The highest BCUT2D eigenvalue weighted by molar-refractivity contribution is 5.76. The van der Waals surface area contributed by atoms with Crippen molar-refractivity contribution in [2.45, 2.75) is 315 Å². The number of aliphatic hydroxyl groups is 2. The van der Waals surface area contributed by atoms with Gasteiger partial charge in [-0.1, -0.05) is 264 Å². The summed E-state index contributed by atoms with van der Waals surface area (Å²) in [5.41, 5.74) is 0. The summed E-state index contributed by atoms with van der Waals surface area (Å²) in [5.74, 6) is -0.0435. The fourth-order valence-corrected chi connectivity index (χ4v) is 8.52. The van der Waals surface area contributed by atoms with E-state index in [1.807, 2.05) is 0 Å². The highest BCUT2D eigenvalue weighted by atomic mass is 16.5. The number of esters is 1. The van der Waals surface area contributed by atoms with Crippen molar-refractivity contribution in [2.75, 3.05) is 13.2 Å². The van der Waals surface area contributed by atoms with Crippen LogP contribution in [-0.2, 0) is 14.3 Å². The zero-order valence-electron chi connectivity index (χ0n) is 40.0. The van der Waals surface area contributed by atoms with Crippen molar-refractivity contribution in [3.63, 3.8) is 0 Å². The number of aliphatic hydroxyl groups excluding tert-OH is 2. The van der Waals surface area contributed by atoms with Gasteiger partial charge in [0.1, 0.15) is 0 Å². The molecule has 2 atom stereocenters. The van der Waals surface area contributed by atoms with Gasteiger partial charge in [0.2, 0.25) is 5.91 Å². The molecule has 6 nitrogen and oxygen atoms in total. The predicted molar refractivity (Wildman–Crippen MR) is 255 cm³/mol. The SMILES string of the molecule is CCCCCCCCCCCCCCCCCCC(O)C(CO)NC(=O)CCCCCCCCCCCCCCCCOC(=O)CCCCCCCCCCCCCC. The van der Waals surface area contributed by atoms with Crippen molar-refractivity contribution in [1.82, 2.24) is 5.32 Å². The number of hydrogen-bond acceptors (Lipinski definition) is 5. The molecule has 0 fully saturated rings. The van der Waals surface area contributed by atoms with E-state index in [9.17, 15) is 19.8 Å². The number of amides is 1. The third-order valence-electron chi connectivity index (χ3n) is 12.7. The summed E-state index contributed by atoms with van der Waals surface area (Å²) in [4.78, 5) is 24.5. The highest BCUT2D eigenvalue weighted by Crippen LogP contribution is 2.17. The van der Waals surface area contributed by atoms with E-state index in [-0.39, 0.29) is 18.5 Å². The molecule has 0 heterocycles. The number of ether oxygens (including phenoxy) is 1. The van der Waals surface area contributed by atoms with Crippen LogP contribution in [0.25, 0.3) is 0 Å². The Morgan fingerprint density at radius 1 is 0.407 bits per heavy atom. The summed E-state index contributed by atoms with van der Waals surface area (Å²) in [6.45, 7) is 4.95. The Hall–Kier alpha value is -1.14. The second kappa shape index (κ2) is 49.5. The van der Waals surface area contributed by atoms with Crippen LogP contribution in [-0.4, -0.2) is 47.4 Å². The van der Waals surface area contributed by atoms with Gasteiger partial charge in [0.05, 0.1) is 25.4 Å². The maximum Gasteiger partial charge on any atom is 0.305 e. The van der Waals surface area contributed by atoms with Crippen molar-refractivity contribution in [1.29, 1.82) is 0 Å². The highest BCUT2D eigenvalue weighted by Gasteiger charge is 2.20. The molecule has 0 aliphatic rings. The van der Waals surface area contributed by atoms with Gasteiger partial charge in [0.25, 0.3) is 0 Å². The summed E-state index contributed by atoms with van der Waals surface area (Å²) >= 11 is 0. The number of unbranched alkanes of at least 4 members (excludes halogenated alkanes) is 39. The maximum atomic E-state index is 12.5. The van der Waals surface area contributed by atoms with E-state index in [0.717, 1.165) is 51.4 Å². The summed E-state index contributed by atoms with van der Waals surface area (Å²) in [6, 6.07) is -0.547. The third-order valence-corrected chi connectivity index (χ3v) is 12.7. The monoisotopic (exact) mass is 836 g/mol. The molecule has 0 aromatic rings. The molecule has 0 spiro atoms. The first-order valence-electron chi connectivity index (χ1n) is 26.8. The van der Waals surface area contributed by atoms with Gasteiger partial charge in [-0.2, -0.15) is 0 Å². The van der Waals surface area contributed by atoms with Crippen LogP contribution in [0.2, 0.25) is 0 Å². The number of hydrogen-bond donors (Lipinski definition) is 3. The van der Waals surface area contributed by atoms with Gasteiger partial charge in [0, 0.05) is 12.8 Å². The van der Waals surface area contributed by atoms with Crippen LogP contribution in [0.4, 0.5) is 0 Å². The second-order valence-corrected chi connectivity index (χ2v) is 18.6. The Balaban J connectivity index is 3.43. The van der Waals surface area contributed by atoms with Gasteiger partial charge in [-0.15, -0.1) is 0 Å². The summed E-state index contributed by atoms with van der Waals surface area (Å²) in [6.07, 6.45) is 55.0. The molecular weight excluding hydrogens is 731 g/mol. The smallest absolute Gasteiger partial charge is 0.305 e. The normalized spacial score (nSPS) is 12.5. The van der Waals surface area contributed by atoms with Crippen molar-refractivity contribution in [3.05, 3.63) is 0 Å². The van der Waals surface area contributed by atoms with E-state index >= 15 is 0 Å². The molecule has 352 valence electrons. The molecule has 0 aromatic carbocycles. The molecule has 0 radical (unpaired) electrons. The molecule has 0 saturated carbocycles. The number of carbonyl (C=O) groups excluding carboxylic acids is 2. The number of nitrogens with one attached hydrogen (secondary N) is 1. The summed E-state index contributed by atoms with van der Waals surface area (Å²) < 4.78 is 5.46. The minimum absolute atomic E-state index is 0.000699. The van der Waals surface area contributed by atoms with E-state index < -0.39 is 12.1 Å². The minimum Gasteiger partial charge on any atom is -0.466 e. The second-order valence-electron chi connectivity index (χ2n) is 18.6. The molecule has 0 saturated heterocycles. The molecule has 0 aromatic heterocycles. The van der Waals surface area contributed by atoms with E-state index in [1.165, 1.54) is 218 Å². The Morgan fingerprint density at radius 3 is 1.03 bits per heavy atom. The Morgan fingerprint density at radius 2 is 0.695 bits per heavy atom. The first-order chi connectivity index (χ1) is 29.0. The first-order valence-corrected chi connectivity index (χ1v) is 26.8. The van der Waals surface area contributed by atoms with Crippen molar-refractivity contribution in [2.24, 2.45) is 0 Å². The Labute approximate surface area is 368 Å². The Bertz CT molecular complexity index is 837. The quantitative estimate of drug-likeness (QED) is 0.0419. The van der Waals surface area contributed by atoms with Gasteiger partial charge < -0.3 is 20.3 Å². The maximum absolute atomic E-state index is 12.5. The standard InChI is InChI=1S/C53H105NO5/c1-3-5-7-9-11-13-15-17-18-19-22-25-29-33-37-41-45-51(56)50(49-55)54-52(57)46-42-38-34-30-26-23-20-21-24-28-32-36-40-44-48-59-53(58)47-43-39-35-31-27-16-14-12-10-8-6-4-2/h50-51,55-56H,3-49H2,1-2H3,(H,54,57). The Kier molecular flexibility index (Phi) is 48.6. The summed E-state index contributed by atoms with van der Waals surface area (Å²) in [7, 11) is 0. The van der Waals surface area contributed by atoms with Crippen LogP contribution >= 0.6 is 0 Å². The fraction of sp³-hybridized carbons (Fsp3) is 0.962. The van der Waals surface area contributed by atoms with Crippen molar-refractivity contribution < 1.29 is 24.5 Å². The van der Waals surface area contributed by atoms with E-state index in [2.05, 4.69) is 19.2 Å².